The van der Waals surface area contributed by atoms with Gasteiger partial charge in [-0.15, -0.1) is 22.7 Å². The van der Waals surface area contributed by atoms with E-state index < -0.39 is 36.5 Å². The summed E-state index contributed by atoms with van der Waals surface area (Å²) in [5.41, 5.74) is 6.07. The molecule has 0 saturated carbocycles. The highest BCUT2D eigenvalue weighted by Gasteiger charge is 2.54. The van der Waals surface area contributed by atoms with E-state index in [-0.39, 0.29) is 28.8 Å². The summed E-state index contributed by atoms with van der Waals surface area (Å²) >= 11 is 3.69. The first-order chi connectivity index (χ1) is 17.9. The average Bonchev–Trinajstić information content (AvgIpc) is 3.50. The molecule has 2 aliphatic heterocycles. The first-order valence-corrected chi connectivity index (χ1v) is 13.3. The molecule has 0 aromatic carbocycles. The van der Waals surface area contributed by atoms with Crippen LogP contribution in [-0.2, 0) is 19.2 Å². The molecule has 1 fully saturated rings. The van der Waals surface area contributed by atoms with Gasteiger partial charge < -0.3 is 21.0 Å². The first kappa shape index (κ1) is 25.0. The Hall–Kier alpha value is -3.63. The van der Waals surface area contributed by atoms with Crippen molar-refractivity contribution >= 4 is 73.3 Å². The number of nitrogens with two attached hydrogens (primary N) is 1. The number of carboxylic acids is 1. The van der Waals surface area contributed by atoms with E-state index in [9.17, 15) is 23.9 Å². The zero-order valence-electron chi connectivity index (χ0n) is 18.8. The van der Waals surface area contributed by atoms with E-state index in [0.717, 1.165) is 16.0 Å². The predicted molar refractivity (Wildman–Crippen MR) is 135 cm³/mol. The maximum absolute atomic E-state index is 13.0. The minimum Gasteiger partial charge on any atom is -0.477 e. The van der Waals surface area contributed by atoms with Crippen molar-refractivity contribution in [2.75, 3.05) is 19.0 Å². The number of amides is 2. The quantitative estimate of drug-likeness (QED) is 0.151. The maximum Gasteiger partial charge on any atom is 0.353 e. The number of nitrogen functional groups attached to an aromatic ring is 1. The number of hydrogen-bond donors (Lipinski definition) is 3. The van der Waals surface area contributed by atoms with Crippen LogP contribution in [0.4, 0.5) is 9.52 Å². The summed E-state index contributed by atoms with van der Waals surface area (Å²) in [5.74, 6) is -2.58. The Morgan fingerprint density at radius 3 is 2.95 bits per heavy atom. The van der Waals surface area contributed by atoms with Crippen LogP contribution in [0.15, 0.2) is 43.9 Å². The van der Waals surface area contributed by atoms with Gasteiger partial charge in [0, 0.05) is 16.5 Å². The highest BCUT2D eigenvalue weighted by molar-refractivity contribution is 8.04. The maximum atomic E-state index is 13.0. The molecule has 0 bridgehead atoms. The lowest BCUT2D eigenvalue weighted by molar-refractivity contribution is -0.155. The van der Waals surface area contributed by atoms with E-state index in [1.807, 2.05) is 6.07 Å². The molecule has 2 aliphatic rings. The normalized spacial score (nSPS) is 19.5. The van der Waals surface area contributed by atoms with E-state index in [1.165, 1.54) is 33.4 Å². The monoisotopic (exact) mass is 563 g/mol. The number of thioether (sulfide) groups is 1. The van der Waals surface area contributed by atoms with Gasteiger partial charge in [-0.05, 0) is 18.9 Å². The zero-order valence-corrected chi connectivity index (χ0v) is 21.2. The SMILES string of the molecule is Nc1nc(/C(=N/OCCF)C(=O)N[C@@H]2C(=O)N3C(C(=O)O)=C(Sc4nc5cnccc5s4)CCC23)cs1. The minimum absolute atomic E-state index is 0.113. The summed E-state index contributed by atoms with van der Waals surface area (Å²) in [7, 11) is 0. The number of hydrogen-bond acceptors (Lipinski definition) is 12. The van der Waals surface area contributed by atoms with Crippen LogP contribution in [-0.4, -0.2) is 73.8 Å². The number of halogens is 1. The Morgan fingerprint density at radius 1 is 1.41 bits per heavy atom. The molecule has 2 atom stereocenters. The number of rotatable bonds is 9. The highest BCUT2D eigenvalue weighted by Crippen LogP contribution is 2.44. The van der Waals surface area contributed by atoms with Gasteiger partial charge in [-0.1, -0.05) is 16.9 Å². The standard InChI is InChI=1S/C21H18FN7O5S3/c22-4-6-34-28-14(10-8-35-20(23)25-10)17(30)27-15-11-1-2-13(16(19(32)33)29(11)18(15)31)37-21-26-9-7-24-5-3-12(9)36-21/h3,5,7-8,11,15H,1-2,4,6H2,(H2,23,25)(H,27,30)(H,32,33)/b28-14-/t11?,15-/m0/s1. The van der Waals surface area contributed by atoms with Gasteiger partial charge in [0.05, 0.1) is 16.9 Å². The van der Waals surface area contributed by atoms with E-state index in [1.54, 1.807) is 12.4 Å². The van der Waals surface area contributed by atoms with Crippen LogP contribution in [0.25, 0.3) is 10.2 Å². The third kappa shape index (κ3) is 4.86. The Kier molecular flexibility index (Phi) is 7.03. The van der Waals surface area contributed by atoms with E-state index in [2.05, 4.69) is 25.4 Å². The van der Waals surface area contributed by atoms with Crippen molar-refractivity contribution in [1.29, 1.82) is 0 Å². The zero-order chi connectivity index (χ0) is 26.1. The summed E-state index contributed by atoms with van der Waals surface area (Å²) in [6, 6.07) is 0.302. The molecular formula is C21H18FN7O5S3. The molecule has 192 valence electrons. The molecule has 0 aliphatic carbocycles. The number of alkyl halides is 1. The second-order valence-corrected chi connectivity index (χ2v) is 11.1. The number of nitrogens with zero attached hydrogens (tertiary/aromatic N) is 5. The van der Waals surface area contributed by atoms with Gasteiger partial charge in [0.1, 0.15) is 36.2 Å². The predicted octanol–water partition coefficient (Wildman–Crippen LogP) is 2.00. The van der Waals surface area contributed by atoms with Gasteiger partial charge in [0.15, 0.2) is 15.2 Å². The number of aromatic nitrogens is 3. The first-order valence-electron chi connectivity index (χ1n) is 10.8. The summed E-state index contributed by atoms with van der Waals surface area (Å²) in [5, 5.41) is 17.9. The Morgan fingerprint density at radius 2 is 2.24 bits per heavy atom. The number of allylic oxidation sites excluding steroid dienone is 1. The molecule has 16 heteroatoms. The van der Waals surface area contributed by atoms with Gasteiger partial charge in [0.25, 0.3) is 11.8 Å². The smallest absolute Gasteiger partial charge is 0.353 e. The fourth-order valence-electron chi connectivity index (χ4n) is 3.99. The molecular weight excluding hydrogens is 545 g/mol. The van der Waals surface area contributed by atoms with Gasteiger partial charge >= 0.3 is 5.97 Å². The third-order valence-electron chi connectivity index (χ3n) is 5.57. The van der Waals surface area contributed by atoms with Crippen LogP contribution in [0, 0.1) is 0 Å². The fraction of sp³-hybridized carbons (Fsp3) is 0.286. The number of pyridine rings is 1. The summed E-state index contributed by atoms with van der Waals surface area (Å²) < 4.78 is 14.0. The van der Waals surface area contributed by atoms with Gasteiger partial charge in [0.2, 0.25) is 0 Å². The second-order valence-electron chi connectivity index (χ2n) is 7.80. The lowest BCUT2D eigenvalue weighted by Crippen LogP contribution is -2.72. The Balaban J connectivity index is 1.34. The van der Waals surface area contributed by atoms with Crippen LogP contribution in [0.2, 0.25) is 0 Å². The topological polar surface area (TPSA) is 173 Å². The Bertz CT molecular complexity index is 1420. The van der Waals surface area contributed by atoms with Crippen LogP contribution in [0.3, 0.4) is 0 Å². The van der Waals surface area contributed by atoms with Crippen molar-refractivity contribution in [2.45, 2.75) is 29.3 Å². The van der Waals surface area contributed by atoms with Crippen LogP contribution in [0.1, 0.15) is 18.5 Å². The molecule has 0 spiro atoms. The second kappa shape index (κ2) is 10.4. The summed E-state index contributed by atoms with van der Waals surface area (Å²) in [4.78, 5) is 57.2. The number of aliphatic carboxylic acids is 1. The van der Waals surface area contributed by atoms with Crippen molar-refractivity contribution in [3.05, 3.63) is 40.1 Å². The molecule has 3 aromatic rings. The van der Waals surface area contributed by atoms with Crippen molar-refractivity contribution < 1.29 is 28.7 Å². The molecule has 4 N–H and O–H groups in total. The average molecular weight is 564 g/mol. The number of carbonyl (C=O) groups is 3. The molecule has 0 radical (unpaired) electrons. The van der Waals surface area contributed by atoms with Crippen LogP contribution < -0.4 is 11.1 Å². The van der Waals surface area contributed by atoms with Gasteiger partial charge in [-0.3, -0.25) is 19.5 Å². The number of oxime groups is 1. The number of anilines is 1. The van der Waals surface area contributed by atoms with Crippen molar-refractivity contribution in [1.82, 2.24) is 25.2 Å². The number of fused-ring (bicyclic) bond motifs is 2. The molecule has 1 saturated heterocycles. The van der Waals surface area contributed by atoms with Crippen LogP contribution >= 0.6 is 34.4 Å². The summed E-state index contributed by atoms with van der Waals surface area (Å²) in [6.07, 6.45) is 4.09. The lowest BCUT2D eigenvalue weighted by Gasteiger charge is -2.49. The minimum atomic E-state index is -1.24. The van der Waals surface area contributed by atoms with Crippen molar-refractivity contribution in [3.8, 4) is 0 Å². The third-order valence-corrected chi connectivity index (χ3v) is 8.48. The number of carboxylic acid groups (broad SMARTS) is 1. The molecule has 12 nitrogen and oxygen atoms in total. The summed E-state index contributed by atoms with van der Waals surface area (Å²) in [6.45, 7) is -1.18. The molecule has 37 heavy (non-hydrogen) atoms. The molecule has 5 heterocycles. The Labute approximate surface area is 220 Å². The largest absolute Gasteiger partial charge is 0.477 e. The number of thiazole rings is 2. The van der Waals surface area contributed by atoms with E-state index in [0.29, 0.717) is 27.6 Å². The van der Waals surface area contributed by atoms with Crippen LogP contribution in [0.5, 0.6) is 0 Å². The van der Waals surface area contributed by atoms with Crippen molar-refractivity contribution in [3.63, 3.8) is 0 Å². The van der Waals surface area contributed by atoms with E-state index >= 15 is 0 Å². The lowest BCUT2D eigenvalue weighted by atomic mass is 9.86. The number of β-lactam (4-membered cyclic amide) rings is 1. The highest BCUT2D eigenvalue weighted by atomic mass is 32.2. The fourth-order valence-corrected chi connectivity index (χ4v) is 6.80. The number of nitrogens with one attached hydrogen (secondary N) is 1. The number of carbonyl (C=O) groups excluding carboxylic acids is 2. The molecule has 5 rings (SSSR count). The van der Waals surface area contributed by atoms with E-state index in [4.69, 9.17) is 10.6 Å². The van der Waals surface area contributed by atoms with Gasteiger partial charge in [-0.25, -0.2) is 19.2 Å². The molecule has 2 amide bonds. The molecule has 3 aromatic heterocycles. The molecule has 1 unspecified atom stereocenters. The van der Waals surface area contributed by atoms with Gasteiger partial charge in [-0.2, -0.15) is 0 Å². The van der Waals surface area contributed by atoms with Crippen molar-refractivity contribution in [2.24, 2.45) is 5.16 Å².